The van der Waals surface area contributed by atoms with E-state index in [0.717, 1.165) is 6.42 Å². The van der Waals surface area contributed by atoms with Crippen molar-refractivity contribution >= 4 is 11.3 Å². The van der Waals surface area contributed by atoms with E-state index in [1.165, 1.54) is 60.4 Å². The highest BCUT2D eigenvalue weighted by molar-refractivity contribution is 7.09. The molecule has 1 spiro atoms. The lowest BCUT2D eigenvalue weighted by atomic mass is 9.74. The Morgan fingerprint density at radius 3 is 2.79 bits per heavy atom. The predicted octanol–water partition coefficient (Wildman–Crippen LogP) is 2.49. The smallest absolute Gasteiger partial charge is 0.304 e. The monoisotopic (exact) mass is 209 g/mol. The largest absolute Gasteiger partial charge is 0.316 e. The molecule has 3 heteroatoms. The van der Waals surface area contributed by atoms with Crippen LogP contribution < -0.4 is 4.87 Å². The van der Waals surface area contributed by atoms with Gasteiger partial charge < -0.3 is 4.98 Å². The Kier molecular flexibility index (Phi) is 1.84. The zero-order valence-electron chi connectivity index (χ0n) is 8.27. The third kappa shape index (κ3) is 1.26. The first kappa shape index (κ1) is 8.72. The number of thiazole rings is 1. The number of aromatic nitrogens is 1. The minimum absolute atomic E-state index is 0.144. The molecule has 76 valence electrons. The van der Waals surface area contributed by atoms with E-state index in [0.29, 0.717) is 5.41 Å². The molecule has 1 N–H and O–H groups in total. The van der Waals surface area contributed by atoms with Gasteiger partial charge in [-0.1, -0.05) is 24.2 Å². The van der Waals surface area contributed by atoms with Gasteiger partial charge in [0.1, 0.15) is 0 Å². The number of fused-ring (bicyclic) bond motifs is 1. The van der Waals surface area contributed by atoms with E-state index >= 15 is 0 Å². The average Bonchev–Trinajstić information content (AvgIpc) is 2.72. The van der Waals surface area contributed by atoms with Crippen molar-refractivity contribution in [2.24, 2.45) is 5.41 Å². The summed E-state index contributed by atoms with van der Waals surface area (Å²) in [7, 11) is 0. The molecule has 0 saturated heterocycles. The van der Waals surface area contributed by atoms with Crippen molar-refractivity contribution in [1.82, 2.24) is 4.98 Å². The van der Waals surface area contributed by atoms with Crippen LogP contribution in [0.4, 0.5) is 0 Å². The molecule has 2 aliphatic rings. The first-order chi connectivity index (χ1) is 6.77. The van der Waals surface area contributed by atoms with Crippen molar-refractivity contribution in [2.45, 2.75) is 44.9 Å². The van der Waals surface area contributed by atoms with E-state index in [-0.39, 0.29) is 4.87 Å². The van der Waals surface area contributed by atoms with Crippen molar-refractivity contribution in [2.75, 3.05) is 0 Å². The Balaban J connectivity index is 1.95. The standard InChI is InChI=1S/C11H15NOS/c13-10-12-8-3-6-11(4-1-2-5-11)7-9(8)14-10/h1-7H2,(H,12,13). The van der Waals surface area contributed by atoms with Gasteiger partial charge in [0.05, 0.1) is 0 Å². The number of H-pyrrole nitrogens is 1. The maximum Gasteiger partial charge on any atom is 0.304 e. The van der Waals surface area contributed by atoms with E-state index in [2.05, 4.69) is 4.98 Å². The summed E-state index contributed by atoms with van der Waals surface area (Å²) < 4.78 is 0. The van der Waals surface area contributed by atoms with Gasteiger partial charge in [0, 0.05) is 10.6 Å². The van der Waals surface area contributed by atoms with Gasteiger partial charge in [-0.15, -0.1) is 0 Å². The maximum atomic E-state index is 11.2. The Morgan fingerprint density at radius 1 is 1.21 bits per heavy atom. The normalized spacial score (nSPS) is 24.0. The lowest BCUT2D eigenvalue weighted by Gasteiger charge is -2.32. The Labute approximate surface area is 87.4 Å². The van der Waals surface area contributed by atoms with Gasteiger partial charge in [-0.25, -0.2) is 0 Å². The lowest BCUT2D eigenvalue weighted by Crippen LogP contribution is -2.24. The van der Waals surface area contributed by atoms with Crippen LogP contribution in [0.5, 0.6) is 0 Å². The van der Waals surface area contributed by atoms with Crippen molar-refractivity contribution in [3.8, 4) is 0 Å². The molecule has 0 atom stereocenters. The van der Waals surface area contributed by atoms with Gasteiger partial charge >= 0.3 is 4.87 Å². The minimum atomic E-state index is 0.144. The van der Waals surface area contributed by atoms with Crippen molar-refractivity contribution < 1.29 is 0 Å². The van der Waals surface area contributed by atoms with Gasteiger partial charge in [-0.3, -0.25) is 4.79 Å². The highest BCUT2D eigenvalue weighted by Crippen LogP contribution is 2.47. The molecule has 2 aliphatic carbocycles. The van der Waals surface area contributed by atoms with Crippen LogP contribution in [0.2, 0.25) is 0 Å². The molecule has 0 radical (unpaired) electrons. The molecule has 1 heterocycles. The van der Waals surface area contributed by atoms with Crippen molar-refractivity contribution in [3.05, 3.63) is 20.2 Å². The topological polar surface area (TPSA) is 32.9 Å². The first-order valence-corrected chi connectivity index (χ1v) is 6.30. The third-order valence-electron chi connectivity index (χ3n) is 3.91. The predicted molar refractivity (Wildman–Crippen MR) is 57.9 cm³/mol. The highest BCUT2D eigenvalue weighted by atomic mass is 32.1. The number of nitrogens with one attached hydrogen (secondary N) is 1. The van der Waals surface area contributed by atoms with E-state index < -0.39 is 0 Å². The summed E-state index contributed by atoms with van der Waals surface area (Å²) in [5.41, 5.74) is 1.82. The number of hydrogen-bond acceptors (Lipinski definition) is 2. The fourth-order valence-electron chi connectivity index (χ4n) is 3.11. The summed E-state index contributed by atoms with van der Waals surface area (Å²) >= 11 is 1.44. The summed E-state index contributed by atoms with van der Waals surface area (Å²) in [5.74, 6) is 0. The second kappa shape index (κ2) is 2.96. The number of aromatic amines is 1. The summed E-state index contributed by atoms with van der Waals surface area (Å²) in [5, 5.41) is 0. The van der Waals surface area contributed by atoms with Crippen LogP contribution in [0.3, 0.4) is 0 Å². The van der Waals surface area contributed by atoms with Gasteiger partial charge in [-0.05, 0) is 37.5 Å². The second-order valence-corrected chi connectivity index (χ2v) is 5.87. The van der Waals surface area contributed by atoms with Crippen molar-refractivity contribution in [1.29, 1.82) is 0 Å². The van der Waals surface area contributed by atoms with Crippen LogP contribution >= 0.6 is 11.3 Å². The average molecular weight is 209 g/mol. The lowest BCUT2D eigenvalue weighted by molar-refractivity contribution is 0.256. The van der Waals surface area contributed by atoms with Gasteiger partial charge in [0.25, 0.3) is 0 Å². The highest BCUT2D eigenvalue weighted by Gasteiger charge is 2.37. The Hall–Kier alpha value is -0.570. The molecule has 0 amide bonds. The van der Waals surface area contributed by atoms with Crippen LogP contribution in [0.25, 0.3) is 0 Å². The van der Waals surface area contributed by atoms with E-state index in [1.807, 2.05) is 0 Å². The van der Waals surface area contributed by atoms with E-state index in [9.17, 15) is 4.79 Å². The van der Waals surface area contributed by atoms with Crippen LogP contribution in [-0.2, 0) is 12.8 Å². The molecule has 3 rings (SSSR count). The summed E-state index contributed by atoms with van der Waals surface area (Å²) in [4.78, 5) is 15.7. The SMILES string of the molecule is O=c1[nH]c2c(s1)CC1(CCCC1)CC2. The Morgan fingerprint density at radius 2 is 2.00 bits per heavy atom. The first-order valence-electron chi connectivity index (χ1n) is 5.48. The second-order valence-electron chi connectivity index (χ2n) is 4.80. The molecule has 1 aromatic heterocycles. The quantitative estimate of drug-likeness (QED) is 0.699. The molecule has 1 fully saturated rings. The molecular formula is C11H15NOS. The molecule has 2 nitrogen and oxygen atoms in total. The fourth-order valence-corrected chi connectivity index (χ4v) is 4.16. The molecule has 14 heavy (non-hydrogen) atoms. The number of aryl methyl sites for hydroxylation is 1. The zero-order valence-corrected chi connectivity index (χ0v) is 9.08. The minimum Gasteiger partial charge on any atom is -0.316 e. The summed E-state index contributed by atoms with van der Waals surface area (Å²) in [6.07, 6.45) is 9.15. The zero-order chi connectivity index (χ0) is 9.60. The van der Waals surface area contributed by atoms with Gasteiger partial charge in [0.2, 0.25) is 0 Å². The summed E-state index contributed by atoms with van der Waals surface area (Å²) in [6.45, 7) is 0. The molecule has 0 aliphatic heterocycles. The van der Waals surface area contributed by atoms with Crippen molar-refractivity contribution in [3.63, 3.8) is 0 Å². The third-order valence-corrected chi connectivity index (χ3v) is 4.84. The molecule has 0 aromatic carbocycles. The van der Waals surface area contributed by atoms with Crippen LogP contribution in [0.15, 0.2) is 4.79 Å². The summed E-state index contributed by atoms with van der Waals surface area (Å²) in [6, 6.07) is 0. The van der Waals surface area contributed by atoms with Gasteiger partial charge in [0.15, 0.2) is 0 Å². The van der Waals surface area contributed by atoms with E-state index in [4.69, 9.17) is 0 Å². The van der Waals surface area contributed by atoms with Crippen LogP contribution in [0.1, 0.15) is 42.7 Å². The Bertz CT molecular complexity index is 398. The number of hydrogen-bond donors (Lipinski definition) is 1. The molecular weight excluding hydrogens is 194 g/mol. The molecule has 1 aromatic rings. The molecule has 1 saturated carbocycles. The van der Waals surface area contributed by atoms with E-state index in [1.54, 1.807) is 0 Å². The molecule has 0 bridgehead atoms. The van der Waals surface area contributed by atoms with Crippen LogP contribution in [-0.4, -0.2) is 4.98 Å². The number of rotatable bonds is 0. The van der Waals surface area contributed by atoms with Gasteiger partial charge in [-0.2, -0.15) is 0 Å². The maximum absolute atomic E-state index is 11.2. The molecule has 0 unspecified atom stereocenters. The fraction of sp³-hybridized carbons (Fsp3) is 0.727. The van der Waals surface area contributed by atoms with Crippen LogP contribution in [0, 0.1) is 5.41 Å².